The van der Waals surface area contributed by atoms with Crippen LogP contribution in [-0.2, 0) is 6.42 Å². The topological polar surface area (TPSA) is 0 Å². The summed E-state index contributed by atoms with van der Waals surface area (Å²) < 4.78 is 13.1. The van der Waals surface area contributed by atoms with Crippen molar-refractivity contribution < 1.29 is 4.39 Å². The Bertz CT molecular complexity index is 302. The van der Waals surface area contributed by atoms with Gasteiger partial charge in [-0.25, -0.2) is 4.39 Å². The van der Waals surface area contributed by atoms with Crippen LogP contribution in [0.1, 0.15) is 25.0 Å². The maximum Gasteiger partial charge on any atom is 0.126 e. The van der Waals surface area contributed by atoms with Gasteiger partial charge in [-0.2, -0.15) is 0 Å². The van der Waals surface area contributed by atoms with E-state index in [1.807, 2.05) is 19.9 Å². The van der Waals surface area contributed by atoms with Gasteiger partial charge in [0.1, 0.15) is 5.82 Å². The van der Waals surface area contributed by atoms with Crippen LogP contribution in [-0.4, -0.2) is 0 Å². The zero-order valence-electron chi connectivity index (χ0n) is 8.10. The van der Waals surface area contributed by atoms with Crippen molar-refractivity contribution in [3.8, 4) is 0 Å². The Labute approximate surface area is 79.1 Å². The van der Waals surface area contributed by atoms with Gasteiger partial charge in [0, 0.05) is 5.92 Å². The number of hydrogen-bond donors (Lipinski definition) is 0. The van der Waals surface area contributed by atoms with Crippen LogP contribution in [0.2, 0.25) is 0 Å². The van der Waals surface area contributed by atoms with Crippen LogP contribution in [0.3, 0.4) is 0 Å². The molecule has 1 rings (SSSR count). The van der Waals surface area contributed by atoms with Crippen molar-refractivity contribution >= 4 is 0 Å². The second kappa shape index (κ2) is 4.22. The first kappa shape index (κ1) is 9.97. The Hall–Kier alpha value is -1.11. The van der Waals surface area contributed by atoms with E-state index in [0.29, 0.717) is 0 Å². The molecule has 0 aliphatic carbocycles. The first-order chi connectivity index (χ1) is 6.19. The third kappa shape index (κ3) is 2.18. The number of benzene rings is 1. The molecule has 0 fully saturated rings. The van der Waals surface area contributed by atoms with Crippen molar-refractivity contribution in [2.75, 3.05) is 0 Å². The molecule has 0 nitrogen and oxygen atoms in total. The summed E-state index contributed by atoms with van der Waals surface area (Å²) in [6.45, 7) is 7.61. The Balaban J connectivity index is 3.05. The molecule has 0 amide bonds. The largest absolute Gasteiger partial charge is 0.207 e. The first-order valence-corrected chi connectivity index (χ1v) is 4.43. The molecule has 0 heterocycles. The highest BCUT2D eigenvalue weighted by molar-refractivity contribution is 5.38. The quantitative estimate of drug-likeness (QED) is 0.662. The molecule has 0 atom stereocenters. The van der Waals surface area contributed by atoms with E-state index in [1.165, 1.54) is 6.07 Å². The van der Waals surface area contributed by atoms with Gasteiger partial charge in [-0.1, -0.05) is 32.1 Å². The molecule has 1 aromatic rings. The number of allylic oxidation sites excluding steroid dienone is 1. The van der Waals surface area contributed by atoms with Crippen molar-refractivity contribution in [2.24, 2.45) is 0 Å². The Kier molecular flexibility index (Phi) is 3.24. The van der Waals surface area contributed by atoms with E-state index < -0.39 is 0 Å². The van der Waals surface area contributed by atoms with Crippen LogP contribution in [0, 0.1) is 11.7 Å². The predicted molar refractivity (Wildman–Crippen MR) is 54.0 cm³/mol. The van der Waals surface area contributed by atoms with Crippen LogP contribution < -0.4 is 0 Å². The molecule has 0 N–H and O–H groups in total. The minimum atomic E-state index is -0.122. The Morgan fingerprint density at radius 3 is 2.77 bits per heavy atom. The van der Waals surface area contributed by atoms with Gasteiger partial charge in [-0.15, -0.1) is 6.58 Å². The zero-order chi connectivity index (χ0) is 9.84. The molecular formula is C12H14F. The molecule has 0 saturated carbocycles. The highest BCUT2D eigenvalue weighted by atomic mass is 19.1. The third-order valence-corrected chi connectivity index (χ3v) is 2.19. The van der Waals surface area contributed by atoms with E-state index in [4.69, 9.17) is 0 Å². The van der Waals surface area contributed by atoms with Gasteiger partial charge in [-0.05, 0) is 23.6 Å². The first-order valence-electron chi connectivity index (χ1n) is 4.43. The summed E-state index contributed by atoms with van der Waals surface area (Å²) in [4.78, 5) is 0. The minimum Gasteiger partial charge on any atom is -0.207 e. The molecule has 0 aliphatic heterocycles. The maximum atomic E-state index is 13.1. The second-order valence-electron chi connectivity index (χ2n) is 3.05. The summed E-state index contributed by atoms with van der Waals surface area (Å²) in [5.41, 5.74) is 1.81. The number of halogens is 1. The lowest BCUT2D eigenvalue weighted by molar-refractivity contribution is 0.611. The highest BCUT2D eigenvalue weighted by Crippen LogP contribution is 2.18. The van der Waals surface area contributed by atoms with Crippen LogP contribution in [0.4, 0.5) is 4.39 Å². The van der Waals surface area contributed by atoms with Crippen molar-refractivity contribution in [2.45, 2.75) is 20.3 Å². The summed E-state index contributed by atoms with van der Waals surface area (Å²) in [6, 6.07) is 5.18. The van der Waals surface area contributed by atoms with Gasteiger partial charge >= 0.3 is 0 Å². The van der Waals surface area contributed by atoms with Crippen LogP contribution in [0.25, 0.3) is 0 Å². The minimum absolute atomic E-state index is 0.122. The van der Waals surface area contributed by atoms with E-state index in [-0.39, 0.29) is 5.82 Å². The van der Waals surface area contributed by atoms with Gasteiger partial charge in [0.25, 0.3) is 0 Å². The number of aryl methyl sites for hydroxylation is 1. The van der Waals surface area contributed by atoms with Crippen molar-refractivity contribution in [3.63, 3.8) is 0 Å². The monoisotopic (exact) mass is 177 g/mol. The van der Waals surface area contributed by atoms with Crippen LogP contribution in [0.5, 0.6) is 0 Å². The standard InChI is InChI=1S/C12H14F/c1-4-9(3)11-6-7-12(13)10(5-2)8-11/h4,6-8H,1,5H2,2-3H3. The van der Waals surface area contributed by atoms with Crippen molar-refractivity contribution in [3.05, 3.63) is 53.7 Å². The summed E-state index contributed by atoms with van der Waals surface area (Å²) >= 11 is 0. The average molecular weight is 177 g/mol. The molecular weight excluding hydrogens is 163 g/mol. The molecule has 1 radical (unpaired) electrons. The van der Waals surface area contributed by atoms with E-state index in [1.54, 1.807) is 12.1 Å². The maximum absolute atomic E-state index is 13.1. The van der Waals surface area contributed by atoms with E-state index in [9.17, 15) is 4.39 Å². The van der Waals surface area contributed by atoms with Crippen molar-refractivity contribution in [1.29, 1.82) is 0 Å². The molecule has 0 saturated heterocycles. The second-order valence-corrected chi connectivity index (χ2v) is 3.05. The van der Waals surface area contributed by atoms with Gasteiger partial charge < -0.3 is 0 Å². The normalized spacial score (nSPS) is 10.5. The fraction of sp³-hybridized carbons (Fsp3) is 0.250. The molecule has 0 aromatic heterocycles. The predicted octanol–water partition coefficient (Wildman–Crippen LogP) is 3.52. The Morgan fingerprint density at radius 2 is 2.23 bits per heavy atom. The lowest BCUT2D eigenvalue weighted by Gasteiger charge is -2.07. The van der Waals surface area contributed by atoms with Gasteiger partial charge in [-0.3, -0.25) is 0 Å². The molecule has 0 bridgehead atoms. The summed E-state index contributed by atoms with van der Waals surface area (Å²) in [7, 11) is 0. The zero-order valence-corrected chi connectivity index (χ0v) is 8.10. The smallest absolute Gasteiger partial charge is 0.126 e. The highest BCUT2D eigenvalue weighted by Gasteiger charge is 2.05. The lowest BCUT2D eigenvalue weighted by Crippen LogP contribution is -1.94. The number of hydrogen-bond acceptors (Lipinski definition) is 0. The van der Waals surface area contributed by atoms with Crippen molar-refractivity contribution in [1.82, 2.24) is 0 Å². The van der Waals surface area contributed by atoms with E-state index in [0.717, 1.165) is 23.5 Å². The SMILES string of the molecule is C=C[C](C)c1ccc(F)c(CC)c1. The molecule has 0 spiro atoms. The molecule has 69 valence electrons. The van der Waals surface area contributed by atoms with E-state index >= 15 is 0 Å². The lowest BCUT2D eigenvalue weighted by atomic mass is 9.98. The van der Waals surface area contributed by atoms with Crippen LogP contribution >= 0.6 is 0 Å². The summed E-state index contributed by atoms with van der Waals surface area (Å²) in [5.74, 6) is 0.956. The average Bonchev–Trinajstić information content (AvgIpc) is 2.17. The summed E-state index contributed by atoms with van der Waals surface area (Å²) in [6.07, 6.45) is 2.51. The fourth-order valence-electron chi connectivity index (χ4n) is 1.21. The fourth-order valence-corrected chi connectivity index (χ4v) is 1.21. The molecule has 0 aliphatic rings. The molecule has 1 aromatic carbocycles. The van der Waals surface area contributed by atoms with E-state index in [2.05, 4.69) is 6.58 Å². The summed E-state index contributed by atoms with van der Waals surface area (Å²) in [5, 5.41) is 0. The Morgan fingerprint density at radius 1 is 1.54 bits per heavy atom. The molecule has 0 unspecified atom stereocenters. The van der Waals surface area contributed by atoms with Gasteiger partial charge in [0.05, 0.1) is 0 Å². The van der Waals surface area contributed by atoms with Gasteiger partial charge in [0.15, 0.2) is 0 Å². The third-order valence-electron chi connectivity index (χ3n) is 2.19. The molecule has 13 heavy (non-hydrogen) atoms. The van der Waals surface area contributed by atoms with Gasteiger partial charge in [0.2, 0.25) is 0 Å². The van der Waals surface area contributed by atoms with Crippen LogP contribution in [0.15, 0.2) is 30.9 Å². The molecule has 1 heteroatoms. The number of rotatable bonds is 3.